The zero-order valence-electron chi connectivity index (χ0n) is 15.5. The van der Waals surface area contributed by atoms with Crippen molar-refractivity contribution in [3.8, 4) is 17.2 Å². The Bertz CT molecular complexity index is 735. The van der Waals surface area contributed by atoms with Crippen molar-refractivity contribution in [3.63, 3.8) is 0 Å². The molecule has 1 heterocycles. The number of ether oxygens (including phenoxy) is 3. The highest BCUT2D eigenvalue weighted by Crippen LogP contribution is 2.39. The third-order valence-corrected chi connectivity index (χ3v) is 4.86. The lowest BCUT2D eigenvalue weighted by Gasteiger charge is -2.25. The Morgan fingerprint density at radius 1 is 1.04 bits per heavy atom. The van der Waals surface area contributed by atoms with Gasteiger partial charge in [-0.05, 0) is 37.0 Å². The monoisotopic (exact) mass is 355 g/mol. The molecule has 0 spiro atoms. The predicted molar refractivity (Wildman–Crippen MR) is 100 cm³/mol. The summed E-state index contributed by atoms with van der Waals surface area (Å²) in [5.41, 5.74) is 1.81. The fourth-order valence-electron chi connectivity index (χ4n) is 3.57. The second-order valence-corrected chi connectivity index (χ2v) is 6.40. The quantitative estimate of drug-likeness (QED) is 0.795. The molecule has 0 saturated carbocycles. The molecule has 1 atom stereocenters. The van der Waals surface area contributed by atoms with Gasteiger partial charge in [0.05, 0.1) is 21.3 Å². The molecule has 0 bridgehead atoms. The minimum atomic E-state index is 0.00249. The number of methoxy groups -OCH3 is 3. The molecule has 1 aliphatic rings. The molecule has 0 aliphatic carbocycles. The molecule has 26 heavy (non-hydrogen) atoms. The summed E-state index contributed by atoms with van der Waals surface area (Å²) in [6.07, 6.45) is 2.91. The summed E-state index contributed by atoms with van der Waals surface area (Å²) < 4.78 is 16.1. The molecule has 1 aliphatic heterocycles. The lowest BCUT2D eigenvalue weighted by Crippen LogP contribution is -2.36. The molecule has 0 radical (unpaired) electrons. The highest BCUT2D eigenvalue weighted by atomic mass is 16.5. The molecule has 0 N–H and O–H groups in total. The van der Waals surface area contributed by atoms with E-state index in [4.69, 9.17) is 14.2 Å². The van der Waals surface area contributed by atoms with Gasteiger partial charge in [-0.25, -0.2) is 0 Å². The minimum absolute atomic E-state index is 0.00249. The highest BCUT2D eigenvalue weighted by molar-refractivity contribution is 5.96. The van der Waals surface area contributed by atoms with E-state index in [1.54, 1.807) is 33.5 Å². The first-order valence-corrected chi connectivity index (χ1v) is 8.82. The van der Waals surface area contributed by atoms with Crippen LogP contribution in [0.4, 0.5) is 0 Å². The number of hydrogen-bond acceptors (Lipinski definition) is 4. The normalized spacial score (nSPS) is 16.4. The van der Waals surface area contributed by atoms with Crippen LogP contribution in [-0.4, -0.2) is 44.7 Å². The number of rotatable bonds is 6. The molecule has 1 unspecified atom stereocenters. The van der Waals surface area contributed by atoms with Gasteiger partial charge in [-0.1, -0.05) is 30.3 Å². The molecule has 5 nitrogen and oxygen atoms in total. The smallest absolute Gasteiger partial charge is 0.254 e. The van der Waals surface area contributed by atoms with Gasteiger partial charge in [0.25, 0.3) is 5.91 Å². The van der Waals surface area contributed by atoms with E-state index in [1.165, 1.54) is 5.56 Å². The largest absolute Gasteiger partial charge is 0.493 e. The Hall–Kier alpha value is -2.69. The third-order valence-electron chi connectivity index (χ3n) is 4.86. The van der Waals surface area contributed by atoms with E-state index in [0.29, 0.717) is 22.8 Å². The molecule has 3 rings (SSSR count). The summed E-state index contributed by atoms with van der Waals surface area (Å²) >= 11 is 0. The fourth-order valence-corrected chi connectivity index (χ4v) is 3.57. The van der Waals surface area contributed by atoms with Gasteiger partial charge in [-0.3, -0.25) is 4.79 Å². The molecule has 2 aromatic rings. The molecule has 0 aromatic heterocycles. The lowest BCUT2D eigenvalue weighted by atomic mass is 10.0. The zero-order valence-corrected chi connectivity index (χ0v) is 15.5. The molecule has 138 valence electrons. The topological polar surface area (TPSA) is 48.0 Å². The second-order valence-electron chi connectivity index (χ2n) is 6.40. The third kappa shape index (κ3) is 3.62. The average Bonchev–Trinajstić information content (AvgIpc) is 3.14. The number of carbonyl (C=O) groups excluding carboxylic acids is 1. The van der Waals surface area contributed by atoms with Crippen molar-refractivity contribution < 1.29 is 19.0 Å². The maximum absolute atomic E-state index is 13.2. The summed E-state index contributed by atoms with van der Waals surface area (Å²) in [4.78, 5) is 15.1. The number of likely N-dealkylation sites (tertiary alicyclic amines) is 1. The van der Waals surface area contributed by atoms with Crippen LogP contribution in [0, 0.1) is 0 Å². The summed E-state index contributed by atoms with van der Waals surface area (Å²) in [6.45, 7) is 0.771. The van der Waals surface area contributed by atoms with Gasteiger partial charge < -0.3 is 19.1 Å². The zero-order chi connectivity index (χ0) is 18.5. The van der Waals surface area contributed by atoms with E-state index >= 15 is 0 Å². The van der Waals surface area contributed by atoms with Gasteiger partial charge in [-0.15, -0.1) is 0 Å². The van der Waals surface area contributed by atoms with Crippen molar-refractivity contribution in [2.45, 2.75) is 25.3 Å². The maximum atomic E-state index is 13.2. The van der Waals surface area contributed by atoms with Crippen molar-refractivity contribution in [1.82, 2.24) is 4.90 Å². The molecule has 1 amide bonds. The van der Waals surface area contributed by atoms with Crippen LogP contribution in [0.5, 0.6) is 17.2 Å². The summed E-state index contributed by atoms with van der Waals surface area (Å²) in [6, 6.07) is 14.0. The Labute approximate surface area is 154 Å². The van der Waals surface area contributed by atoms with Crippen LogP contribution in [0.1, 0.15) is 28.8 Å². The lowest BCUT2D eigenvalue weighted by molar-refractivity contribution is 0.0735. The Kier molecular flexibility index (Phi) is 5.66. The molecular formula is C21H25NO4. The van der Waals surface area contributed by atoms with E-state index in [2.05, 4.69) is 12.1 Å². The predicted octanol–water partition coefficient (Wildman–Crippen LogP) is 3.56. The van der Waals surface area contributed by atoms with Gasteiger partial charge >= 0.3 is 0 Å². The SMILES string of the molecule is COc1cc(C(=O)N2CCCC2Cc2ccccc2)cc(OC)c1OC. The molecule has 1 saturated heterocycles. The number of amides is 1. The first-order valence-electron chi connectivity index (χ1n) is 8.82. The van der Waals surface area contributed by atoms with Crippen LogP contribution >= 0.6 is 0 Å². The van der Waals surface area contributed by atoms with E-state index in [9.17, 15) is 4.79 Å². The minimum Gasteiger partial charge on any atom is -0.493 e. The molecule has 5 heteroatoms. The Morgan fingerprint density at radius 2 is 1.69 bits per heavy atom. The van der Waals surface area contributed by atoms with Gasteiger partial charge in [0.1, 0.15) is 0 Å². The van der Waals surface area contributed by atoms with E-state index in [-0.39, 0.29) is 11.9 Å². The maximum Gasteiger partial charge on any atom is 0.254 e. The Morgan fingerprint density at radius 3 is 2.27 bits per heavy atom. The van der Waals surface area contributed by atoms with E-state index < -0.39 is 0 Å². The van der Waals surface area contributed by atoms with Gasteiger partial charge in [0.15, 0.2) is 11.5 Å². The fraction of sp³-hybridized carbons (Fsp3) is 0.381. The van der Waals surface area contributed by atoms with Crippen molar-refractivity contribution in [2.24, 2.45) is 0 Å². The average molecular weight is 355 g/mol. The highest BCUT2D eigenvalue weighted by Gasteiger charge is 2.30. The Balaban J connectivity index is 1.85. The van der Waals surface area contributed by atoms with E-state index in [1.807, 2.05) is 23.1 Å². The number of carbonyl (C=O) groups is 1. The first-order chi connectivity index (χ1) is 12.7. The summed E-state index contributed by atoms with van der Waals surface area (Å²) in [5.74, 6) is 1.49. The van der Waals surface area contributed by atoms with Crippen LogP contribution in [0.3, 0.4) is 0 Å². The second kappa shape index (κ2) is 8.13. The number of benzene rings is 2. The van der Waals surface area contributed by atoms with Gasteiger partial charge in [-0.2, -0.15) is 0 Å². The molecule has 1 fully saturated rings. The van der Waals surface area contributed by atoms with Crippen LogP contribution in [0.2, 0.25) is 0 Å². The molecule has 2 aromatic carbocycles. The van der Waals surface area contributed by atoms with Crippen LogP contribution in [0.15, 0.2) is 42.5 Å². The van der Waals surface area contributed by atoms with E-state index in [0.717, 1.165) is 25.8 Å². The number of hydrogen-bond donors (Lipinski definition) is 0. The van der Waals surface area contributed by atoms with Crippen molar-refractivity contribution in [3.05, 3.63) is 53.6 Å². The summed E-state index contributed by atoms with van der Waals surface area (Å²) in [5, 5.41) is 0. The molecular weight excluding hydrogens is 330 g/mol. The van der Waals surface area contributed by atoms with Crippen LogP contribution in [-0.2, 0) is 6.42 Å². The van der Waals surface area contributed by atoms with Crippen molar-refractivity contribution >= 4 is 5.91 Å². The first kappa shape index (κ1) is 18.1. The van der Waals surface area contributed by atoms with Crippen LogP contribution in [0.25, 0.3) is 0 Å². The number of nitrogens with zero attached hydrogens (tertiary/aromatic N) is 1. The van der Waals surface area contributed by atoms with Crippen LogP contribution < -0.4 is 14.2 Å². The van der Waals surface area contributed by atoms with Gasteiger partial charge in [0, 0.05) is 18.2 Å². The standard InChI is InChI=1S/C21H25NO4/c1-24-18-13-16(14-19(25-2)20(18)26-3)21(23)22-11-7-10-17(22)12-15-8-5-4-6-9-15/h4-6,8-9,13-14,17H,7,10-12H2,1-3H3. The van der Waals surface area contributed by atoms with Crippen molar-refractivity contribution in [1.29, 1.82) is 0 Å². The summed E-state index contributed by atoms with van der Waals surface area (Å²) in [7, 11) is 4.66. The van der Waals surface area contributed by atoms with Crippen molar-refractivity contribution in [2.75, 3.05) is 27.9 Å². The van der Waals surface area contributed by atoms with Gasteiger partial charge in [0.2, 0.25) is 5.75 Å².